The van der Waals surface area contributed by atoms with Gasteiger partial charge in [-0.3, -0.25) is 0 Å². The molecule has 1 heterocycles. The van der Waals surface area contributed by atoms with Crippen LogP contribution in [0, 0.1) is 0 Å². The third-order valence-electron chi connectivity index (χ3n) is 3.62. The summed E-state index contributed by atoms with van der Waals surface area (Å²) in [4.78, 5) is 4.44. The van der Waals surface area contributed by atoms with Crippen LogP contribution >= 0.6 is 11.6 Å². The lowest BCUT2D eigenvalue weighted by Crippen LogP contribution is -2.11. The van der Waals surface area contributed by atoms with Gasteiger partial charge in [0.2, 0.25) is 5.95 Å². The monoisotopic (exact) mass is 339 g/mol. The number of benzene rings is 2. The lowest BCUT2D eigenvalue weighted by atomic mass is 10.1. The molecule has 1 unspecified atom stereocenters. The van der Waals surface area contributed by atoms with Crippen LogP contribution in [0.1, 0.15) is 24.1 Å². The average Bonchev–Trinajstić information content (AvgIpc) is 2.62. The maximum Gasteiger partial charge on any atom is 0.244 e. The molecule has 0 aliphatic heterocycles. The third kappa shape index (κ3) is 4.20. The van der Waals surface area contributed by atoms with Crippen molar-refractivity contribution in [2.45, 2.75) is 19.5 Å². The molecule has 0 aliphatic rings. The molecule has 0 saturated carbocycles. The molecule has 24 heavy (non-hydrogen) atoms. The van der Waals surface area contributed by atoms with Crippen LogP contribution in [-0.2, 0) is 6.54 Å². The van der Waals surface area contributed by atoms with E-state index in [1.165, 1.54) is 5.56 Å². The summed E-state index contributed by atoms with van der Waals surface area (Å²) in [5.41, 5.74) is 2.17. The first kappa shape index (κ1) is 16.2. The van der Waals surface area contributed by atoms with Crippen LogP contribution in [0.25, 0.3) is 0 Å². The van der Waals surface area contributed by atoms with E-state index in [4.69, 9.17) is 11.6 Å². The van der Waals surface area contributed by atoms with Gasteiger partial charge >= 0.3 is 0 Å². The minimum atomic E-state index is 0.124. The predicted molar refractivity (Wildman–Crippen MR) is 97.1 cm³/mol. The van der Waals surface area contributed by atoms with Crippen molar-refractivity contribution in [3.05, 3.63) is 76.9 Å². The lowest BCUT2D eigenvalue weighted by molar-refractivity contribution is 0.857. The van der Waals surface area contributed by atoms with E-state index in [-0.39, 0.29) is 6.04 Å². The zero-order valence-electron chi connectivity index (χ0n) is 13.3. The number of anilines is 2. The van der Waals surface area contributed by atoms with Gasteiger partial charge in [0, 0.05) is 17.6 Å². The predicted octanol–water partition coefficient (Wildman–Crippen LogP) is 4.31. The van der Waals surface area contributed by atoms with E-state index in [0.29, 0.717) is 23.3 Å². The summed E-state index contributed by atoms with van der Waals surface area (Å²) < 4.78 is 0. The molecule has 3 aromatic rings. The van der Waals surface area contributed by atoms with Gasteiger partial charge in [0.1, 0.15) is 0 Å². The van der Waals surface area contributed by atoms with Crippen molar-refractivity contribution in [2.24, 2.45) is 0 Å². The van der Waals surface area contributed by atoms with Crippen molar-refractivity contribution < 1.29 is 0 Å². The molecule has 122 valence electrons. The minimum Gasteiger partial charge on any atom is -0.362 e. The van der Waals surface area contributed by atoms with Gasteiger partial charge in [0.25, 0.3) is 0 Å². The fourth-order valence-electron chi connectivity index (χ4n) is 2.31. The summed E-state index contributed by atoms with van der Waals surface area (Å²) in [7, 11) is 0. The highest BCUT2D eigenvalue weighted by atomic mass is 35.5. The number of nitrogens with one attached hydrogen (secondary N) is 2. The first-order chi connectivity index (χ1) is 11.7. The Balaban J connectivity index is 1.65. The van der Waals surface area contributed by atoms with Crippen LogP contribution in [0.2, 0.25) is 5.02 Å². The summed E-state index contributed by atoms with van der Waals surface area (Å²) in [5.74, 6) is 1.13. The molecule has 0 saturated heterocycles. The largest absolute Gasteiger partial charge is 0.362 e. The zero-order valence-corrected chi connectivity index (χ0v) is 14.0. The molecule has 5 nitrogen and oxygen atoms in total. The molecule has 3 rings (SSSR count). The maximum absolute atomic E-state index is 6.15. The first-order valence-corrected chi connectivity index (χ1v) is 8.08. The smallest absolute Gasteiger partial charge is 0.244 e. The Morgan fingerprint density at radius 3 is 2.58 bits per heavy atom. The Morgan fingerprint density at radius 1 is 1.04 bits per heavy atom. The van der Waals surface area contributed by atoms with Crippen LogP contribution in [0.3, 0.4) is 0 Å². The molecular weight excluding hydrogens is 322 g/mol. The molecule has 0 spiro atoms. The van der Waals surface area contributed by atoms with Crippen molar-refractivity contribution in [1.82, 2.24) is 15.2 Å². The lowest BCUT2D eigenvalue weighted by Gasteiger charge is -2.15. The average molecular weight is 340 g/mol. The normalized spacial score (nSPS) is 11.8. The Morgan fingerprint density at radius 2 is 1.79 bits per heavy atom. The summed E-state index contributed by atoms with van der Waals surface area (Å²) >= 11 is 6.15. The molecule has 0 amide bonds. The fourth-order valence-corrected chi connectivity index (χ4v) is 2.51. The molecule has 1 aromatic heterocycles. The molecule has 1 atom stereocenters. The number of aromatic nitrogens is 3. The van der Waals surface area contributed by atoms with Crippen molar-refractivity contribution in [1.29, 1.82) is 0 Å². The fraction of sp³-hybridized carbons (Fsp3) is 0.167. The Bertz CT molecular complexity index is 794. The van der Waals surface area contributed by atoms with Crippen molar-refractivity contribution >= 4 is 23.4 Å². The number of halogens is 1. The molecule has 0 aliphatic carbocycles. The van der Waals surface area contributed by atoms with E-state index in [0.717, 1.165) is 5.56 Å². The van der Waals surface area contributed by atoms with E-state index in [2.05, 4.69) is 44.9 Å². The van der Waals surface area contributed by atoms with Crippen LogP contribution in [0.4, 0.5) is 11.8 Å². The quantitative estimate of drug-likeness (QED) is 0.700. The highest BCUT2D eigenvalue weighted by Crippen LogP contribution is 2.18. The third-order valence-corrected chi connectivity index (χ3v) is 3.99. The Hall–Kier alpha value is -2.66. The van der Waals surface area contributed by atoms with Gasteiger partial charge < -0.3 is 10.6 Å². The van der Waals surface area contributed by atoms with Crippen molar-refractivity contribution in [3.8, 4) is 0 Å². The Kier molecular flexibility index (Phi) is 5.23. The molecule has 2 N–H and O–H groups in total. The second-order valence-corrected chi connectivity index (χ2v) is 5.79. The summed E-state index contributed by atoms with van der Waals surface area (Å²) in [6.45, 7) is 2.62. The molecule has 6 heteroatoms. The maximum atomic E-state index is 6.15. The van der Waals surface area contributed by atoms with Gasteiger partial charge in [0.05, 0.1) is 6.20 Å². The Labute approximate surface area is 146 Å². The van der Waals surface area contributed by atoms with E-state index in [1.807, 2.05) is 42.5 Å². The standard InChI is InChI=1S/C18H18ClN5/c1-13(14-7-3-2-4-8-14)22-17-12-21-24-18(23-17)20-11-15-9-5-6-10-16(15)19/h2-10,12-13H,11H2,1H3,(H2,20,22,23,24). The second kappa shape index (κ2) is 7.75. The second-order valence-electron chi connectivity index (χ2n) is 5.39. The molecule has 0 bridgehead atoms. The van der Waals surface area contributed by atoms with Crippen molar-refractivity contribution in [3.63, 3.8) is 0 Å². The number of rotatable bonds is 6. The summed E-state index contributed by atoms with van der Waals surface area (Å²) in [6.07, 6.45) is 1.61. The molecular formula is C18H18ClN5. The van der Waals surface area contributed by atoms with E-state index < -0.39 is 0 Å². The van der Waals surface area contributed by atoms with Crippen LogP contribution in [0.5, 0.6) is 0 Å². The summed E-state index contributed by atoms with van der Waals surface area (Å²) in [6, 6.07) is 18.0. The zero-order chi connectivity index (χ0) is 16.8. The first-order valence-electron chi connectivity index (χ1n) is 7.71. The van der Waals surface area contributed by atoms with Crippen LogP contribution in [-0.4, -0.2) is 15.2 Å². The van der Waals surface area contributed by atoms with Gasteiger partial charge in [0.15, 0.2) is 5.82 Å². The van der Waals surface area contributed by atoms with Crippen molar-refractivity contribution in [2.75, 3.05) is 10.6 Å². The summed E-state index contributed by atoms with van der Waals surface area (Å²) in [5, 5.41) is 15.2. The van der Waals surface area contributed by atoms with Gasteiger partial charge in [-0.2, -0.15) is 10.1 Å². The number of nitrogens with zero attached hydrogens (tertiary/aromatic N) is 3. The van der Waals surface area contributed by atoms with Gasteiger partial charge in [-0.25, -0.2) is 0 Å². The molecule has 0 radical (unpaired) electrons. The minimum absolute atomic E-state index is 0.124. The van der Waals surface area contributed by atoms with E-state index in [1.54, 1.807) is 6.20 Å². The van der Waals surface area contributed by atoms with Crippen LogP contribution in [0.15, 0.2) is 60.8 Å². The number of hydrogen-bond donors (Lipinski definition) is 2. The van der Waals surface area contributed by atoms with Gasteiger partial charge in [-0.1, -0.05) is 60.1 Å². The highest BCUT2D eigenvalue weighted by molar-refractivity contribution is 6.31. The van der Waals surface area contributed by atoms with E-state index >= 15 is 0 Å². The van der Waals surface area contributed by atoms with E-state index in [9.17, 15) is 0 Å². The molecule has 0 fully saturated rings. The van der Waals surface area contributed by atoms with Gasteiger partial charge in [-0.05, 0) is 24.1 Å². The highest BCUT2D eigenvalue weighted by Gasteiger charge is 2.07. The van der Waals surface area contributed by atoms with Crippen LogP contribution < -0.4 is 10.6 Å². The van der Waals surface area contributed by atoms with Gasteiger partial charge in [-0.15, -0.1) is 5.10 Å². The SMILES string of the molecule is CC(Nc1cnnc(NCc2ccccc2Cl)n1)c1ccccc1. The topological polar surface area (TPSA) is 62.7 Å². The number of hydrogen-bond acceptors (Lipinski definition) is 5. The molecule has 2 aromatic carbocycles.